The van der Waals surface area contributed by atoms with Gasteiger partial charge in [-0.2, -0.15) is 0 Å². The molecule has 0 N–H and O–H groups in total. The minimum absolute atomic E-state index is 0.101. The third-order valence-electron chi connectivity index (χ3n) is 2.93. The van der Waals surface area contributed by atoms with Gasteiger partial charge in [0.15, 0.2) is 0 Å². The van der Waals surface area contributed by atoms with Crippen molar-refractivity contribution in [2.45, 2.75) is 5.01 Å². The first-order valence-corrected chi connectivity index (χ1v) is 6.61. The Kier molecular flexibility index (Phi) is 2.99. The molecule has 1 aliphatic heterocycles. The van der Waals surface area contributed by atoms with Crippen molar-refractivity contribution in [1.29, 1.82) is 0 Å². The predicted molar refractivity (Wildman–Crippen MR) is 72.6 cm³/mol. The van der Waals surface area contributed by atoms with Crippen LogP contribution in [0.15, 0.2) is 36.4 Å². The first-order chi connectivity index (χ1) is 8.33. The van der Waals surface area contributed by atoms with Crippen LogP contribution in [0.5, 0.6) is 0 Å². The van der Waals surface area contributed by atoms with Gasteiger partial charge in [0.2, 0.25) is 0 Å². The van der Waals surface area contributed by atoms with E-state index in [4.69, 9.17) is 4.74 Å². The molecule has 3 rings (SSSR count). The molecule has 4 heteroatoms. The maximum absolute atomic E-state index is 5.46. The monoisotopic (exact) mass is 292 g/mol. The van der Waals surface area contributed by atoms with Crippen LogP contribution in [0.4, 0.5) is 5.82 Å². The fraction of sp³-hybridized carbons (Fsp3) is 0.308. The highest BCUT2D eigenvalue weighted by Crippen LogP contribution is 2.21. The van der Waals surface area contributed by atoms with E-state index in [-0.39, 0.29) is 5.01 Å². The zero-order valence-corrected chi connectivity index (χ0v) is 10.9. The lowest BCUT2D eigenvalue weighted by Gasteiger charge is -2.31. The van der Waals surface area contributed by atoms with E-state index in [2.05, 4.69) is 44.0 Å². The highest BCUT2D eigenvalue weighted by atomic mass is 79.9. The molecule has 0 spiro atoms. The second kappa shape index (κ2) is 4.63. The van der Waals surface area contributed by atoms with Crippen LogP contribution in [0.1, 0.15) is 0 Å². The normalized spacial score (nSPS) is 20.8. The summed E-state index contributed by atoms with van der Waals surface area (Å²) in [4.78, 5) is 6.93. The molecular weight excluding hydrogens is 280 g/mol. The molecule has 2 heterocycles. The summed E-state index contributed by atoms with van der Waals surface area (Å²) in [6.45, 7) is 2.48. The van der Waals surface area contributed by atoms with Gasteiger partial charge in [-0.1, -0.05) is 34.1 Å². The number of rotatable bonds is 1. The average Bonchev–Trinajstić information content (AvgIpc) is 2.38. The van der Waals surface area contributed by atoms with Gasteiger partial charge in [0.05, 0.1) is 18.7 Å². The number of hydrogen-bond acceptors (Lipinski definition) is 3. The van der Waals surface area contributed by atoms with Crippen LogP contribution in [0.2, 0.25) is 0 Å². The number of aromatic nitrogens is 1. The number of anilines is 1. The van der Waals surface area contributed by atoms with E-state index in [1.807, 2.05) is 18.2 Å². The van der Waals surface area contributed by atoms with Crippen LogP contribution >= 0.6 is 15.9 Å². The summed E-state index contributed by atoms with van der Waals surface area (Å²) in [6, 6.07) is 12.4. The second-order valence-electron chi connectivity index (χ2n) is 4.09. The number of alkyl halides is 1. The lowest BCUT2D eigenvalue weighted by atomic mass is 10.2. The molecule has 0 amide bonds. The maximum atomic E-state index is 5.46. The molecule has 1 aromatic carbocycles. The molecule has 1 unspecified atom stereocenters. The van der Waals surface area contributed by atoms with E-state index in [9.17, 15) is 0 Å². The van der Waals surface area contributed by atoms with Crippen molar-refractivity contribution >= 4 is 32.7 Å². The Morgan fingerprint density at radius 3 is 3.00 bits per heavy atom. The predicted octanol–water partition coefficient (Wildman–Crippen LogP) is 2.79. The standard InChI is InChI=1S/C13H13BrN2O/c14-12-9-16(7-8-17-12)13-6-5-10-3-1-2-4-11(10)15-13/h1-6,12H,7-9H2. The van der Waals surface area contributed by atoms with Gasteiger partial charge in [-0.3, -0.25) is 0 Å². The van der Waals surface area contributed by atoms with Crippen molar-refractivity contribution in [3.63, 3.8) is 0 Å². The Morgan fingerprint density at radius 2 is 2.12 bits per heavy atom. The lowest BCUT2D eigenvalue weighted by Crippen LogP contribution is -2.40. The van der Waals surface area contributed by atoms with E-state index in [0.717, 1.165) is 31.0 Å². The fourth-order valence-corrected chi connectivity index (χ4v) is 2.58. The van der Waals surface area contributed by atoms with E-state index >= 15 is 0 Å². The summed E-state index contributed by atoms with van der Waals surface area (Å²) in [6.07, 6.45) is 0. The summed E-state index contributed by atoms with van der Waals surface area (Å²) in [7, 11) is 0. The Hall–Kier alpha value is -1.13. The van der Waals surface area contributed by atoms with Gasteiger partial charge in [-0.25, -0.2) is 4.98 Å². The number of para-hydroxylation sites is 1. The lowest BCUT2D eigenvalue weighted by molar-refractivity contribution is 0.102. The minimum atomic E-state index is 0.101. The molecule has 1 aliphatic rings. The number of halogens is 1. The van der Waals surface area contributed by atoms with Crippen LogP contribution in [0, 0.1) is 0 Å². The Morgan fingerprint density at radius 1 is 1.24 bits per heavy atom. The van der Waals surface area contributed by atoms with Crippen molar-refractivity contribution in [2.24, 2.45) is 0 Å². The SMILES string of the molecule is BrC1CN(c2ccc3ccccc3n2)CCO1. The van der Waals surface area contributed by atoms with Crippen molar-refractivity contribution < 1.29 is 4.74 Å². The number of hydrogen-bond donors (Lipinski definition) is 0. The highest BCUT2D eigenvalue weighted by molar-refractivity contribution is 9.09. The molecule has 3 nitrogen and oxygen atoms in total. The molecule has 1 saturated heterocycles. The average molecular weight is 293 g/mol. The summed E-state index contributed by atoms with van der Waals surface area (Å²) in [5, 5.41) is 1.28. The molecule has 1 atom stereocenters. The molecule has 88 valence electrons. The van der Waals surface area contributed by atoms with Gasteiger partial charge >= 0.3 is 0 Å². The first-order valence-electron chi connectivity index (χ1n) is 5.69. The van der Waals surface area contributed by atoms with Gasteiger partial charge in [0.25, 0.3) is 0 Å². The number of nitrogens with zero attached hydrogens (tertiary/aromatic N) is 2. The summed E-state index contributed by atoms with van der Waals surface area (Å²) in [5.74, 6) is 1.02. The maximum Gasteiger partial charge on any atom is 0.130 e. The van der Waals surface area contributed by atoms with E-state index in [1.54, 1.807) is 0 Å². The fourth-order valence-electron chi connectivity index (χ4n) is 2.05. The van der Waals surface area contributed by atoms with Crippen LogP contribution in [-0.4, -0.2) is 29.7 Å². The summed E-state index contributed by atoms with van der Waals surface area (Å²) < 4.78 is 5.46. The Labute approximate surface area is 109 Å². The van der Waals surface area contributed by atoms with Crippen molar-refractivity contribution in [3.05, 3.63) is 36.4 Å². The largest absolute Gasteiger partial charge is 0.363 e. The van der Waals surface area contributed by atoms with Crippen LogP contribution in [0.25, 0.3) is 10.9 Å². The van der Waals surface area contributed by atoms with Crippen molar-refractivity contribution in [2.75, 3.05) is 24.6 Å². The third-order valence-corrected chi connectivity index (χ3v) is 3.49. The topological polar surface area (TPSA) is 25.4 Å². The Balaban J connectivity index is 1.94. The zero-order chi connectivity index (χ0) is 11.7. The number of pyridine rings is 1. The molecule has 1 fully saturated rings. The zero-order valence-electron chi connectivity index (χ0n) is 9.34. The summed E-state index contributed by atoms with van der Waals surface area (Å²) >= 11 is 3.48. The Bertz CT molecular complexity index is 532. The molecule has 0 aliphatic carbocycles. The molecule has 0 saturated carbocycles. The molecule has 0 bridgehead atoms. The third kappa shape index (κ3) is 2.28. The van der Waals surface area contributed by atoms with Gasteiger partial charge in [0, 0.05) is 11.9 Å². The van der Waals surface area contributed by atoms with E-state index in [0.29, 0.717) is 0 Å². The number of morpholine rings is 1. The smallest absolute Gasteiger partial charge is 0.130 e. The van der Waals surface area contributed by atoms with Gasteiger partial charge in [0.1, 0.15) is 10.8 Å². The quantitative estimate of drug-likeness (QED) is 0.756. The molecule has 17 heavy (non-hydrogen) atoms. The number of ether oxygens (including phenoxy) is 1. The van der Waals surface area contributed by atoms with Gasteiger partial charge < -0.3 is 9.64 Å². The molecule has 0 radical (unpaired) electrons. The summed E-state index contributed by atoms with van der Waals surface area (Å²) in [5.41, 5.74) is 1.04. The van der Waals surface area contributed by atoms with Crippen LogP contribution < -0.4 is 4.90 Å². The number of fused-ring (bicyclic) bond motifs is 1. The van der Waals surface area contributed by atoms with Crippen molar-refractivity contribution in [1.82, 2.24) is 4.98 Å². The molecular formula is C13H13BrN2O. The van der Waals surface area contributed by atoms with E-state index in [1.165, 1.54) is 5.39 Å². The van der Waals surface area contributed by atoms with Gasteiger partial charge in [-0.05, 0) is 18.2 Å². The van der Waals surface area contributed by atoms with Crippen LogP contribution in [-0.2, 0) is 4.74 Å². The molecule has 1 aromatic heterocycles. The van der Waals surface area contributed by atoms with Crippen LogP contribution in [0.3, 0.4) is 0 Å². The highest BCUT2D eigenvalue weighted by Gasteiger charge is 2.18. The first kappa shape index (κ1) is 11.0. The minimum Gasteiger partial charge on any atom is -0.363 e. The second-order valence-corrected chi connectivity index (χ2v) is 5.11. The van der Waals surface area contributed by atoms with Gasteiger partial charge in [-0.15, -0.1) is 0 Å². The molecule has 2 aromatic rings. The number of benzene rings is 1. The van der Waals surface area contributed by atoms with Crippen molar-refractivity contribution in [3.8, 4) is 0 Å². The van der Waals surface area contributed by atoms with E-state index < -0.39 is 0 Å².